The molecule has 1 aromatic carbocycles. The van der Waals surface area contributed by atoms with Crippen molar-refractivity contribution in [2.75, 3.05) is 6.61 Å². The molecule has 0 bridgehead atoms. The van der Waals surface area contributed by atoms with E-state index >= 15 is 0 Å². The fourth-order valence-corrected chi connectivity index (χ4v) is 4.45. The molecule has 4 rings (SSSR count). The van der Waals surface area contributed by atoms with Gasteiger partial charge in [0.05, 0.1) is 17.2 Å². The van der Waals surface area contributed by atoms with Gasteiger partial charge in [-0.05, 0) is 46.6 Å². The maximum absolute atomic E-state index is 13.3. The first-order chi connectivity index (χ1) is 15.4. The van der Waals surface area contributed by atoms with E-state index in [4.69, 9.17) is 14.5 Å². The SMILES string of the molecule is CCOCc1nc2cnc3ccccc3c2n1CN(C(=O)OC(C)(C)C)C1CCCCC1. The maximum Gasteiger partial charge on any atom is 0.411 e. The Hall–Kier alpha value is -2.67. The smallest absolute Gasteiger partial charge is 0.411 e. The lowest BCUT2D eigenvalue weighted by molar-refractivity contribution is 0.00334. The second-order valence-corrected chi connectivity index (χ2v) is 9.49. The van der Waals surface area contributed by atoms with E-state index in [1.54, 1.807) is 0 Å². The van der Waals surface area contributed by atoms with E-state index in [0.717, 1.165) is 53.4 Å². The molecule has 0 atom stereocenters. The zero-order valence-electron chi connectivity index (χ0n) is 19.6. The zero-order valence-corrected chi connectivity index (χ0v) is 19.6. The Morgan fingerprint density at radius 1 is 1.16 bits per heavy atom. The highest BCUT2D eigenvalue weighted by molar-refractivity contribution is 6.02. The Morgan fingerprint density at radius 3 is 2.62 bits per heavy atom. The van der Waals surface area contributed by atoms with Crippen molar-refractivity contribution in [2.24, 2.45) is 0 Å². The van der Waals surface area contributed by atoms with Crippen molar-refractivity contribution in [3.8, 4) is 0 Å². The Morgan fingerprint density at radius 2 is 1.91 bits per heavy atom. The number of pyridine rings is 1. The first-order valence-electron chi connectivity index (χ1n) is 11.7. The van der Waals surface area contributed by atoms with Gasteiger partial charge < -0.3 is 14.0 Å². The van der Waals surface area contributed by atoms with Gasteiger partial charge in [-0.3, -0.25) is 9.88 Å². The summed E-state index contributed by atoms with van der Waals surface area (Å²) in [5.74, 6) is 0.796. The number of fused-ring (bicyclic) bond motifs is 3. The van der Waals surface area contributed by atoms with Gasteiger partial charge in [0.1, 0.15) is 30.2 Å². The van der Waals surface area contributed by atoms with Crippen LogP contribution in [-0.2, 0) is 22.7 Å². The molecule has 1 aliphatic rings. The first-order valence-corrected chi connectivity index (χ1v) is 11.7. The molecule has 3 aromatic rings. The normalized spacial score (nSPS) is 15.4. The minimum absolute atomic E-state index is 0.157. The lowest BCUT2D eigenvalue weighted by atomic mass is 9.94. The molecule has 0 unspecified atom stereocenters. The van der Waals surface area contributed by atoms with Gasteiger partial charge in [-0.15, -0.1) is 0 Å². The number of benzene rings is 1. The van der Waals surface area contributed by atoms with Crippen LogP contribution < -0.4 is 0 Å². The molecular formula is C25H34N4O3. The second kappa shape index (κ2) is 9.45. The van der Waals surface area contributed by atoms with Crippen molar-refractivity contribution in [1.29, 1.82) is 0 Å². The molecule has 2 aromatic heterocycles. The average Bonchev–Trinajstić information content (AvgIpc) is 3.13. The number of ether oxygens (including phenoxy) is 2. The number of hydrogen-bond donors (Lipinski definition) is 0. The van der Waals surface area contributed by atoms with Crippen LogP contribution >= 0.6 is 0 Å². The first kappa shape index (κ1) is 22.5. The van der Waals surface area contributed by atoms with Crippen LogP contribution in [-0.4, -0.2) is 43.8 Å². The van der Waals surface area contributed by atoms with Gasteiger partial charge in [0.25, 0.3) is 0 Å². The Kier molecular flexibility index (Phi) is 6.65. The molecule has 1 amide bonds. The summed E-state index contributed by atoms with van der Waals surface area (Å²) in [7, 11) is 0. The van der Waals surface area contributed by atoms with E-state index in [1.165, 1.54) is 6.42 Å². The molecule has 0 saturated heterocycles. The van der Waals surface area contributed by atoms with Gasteiger partial charge in [0.2, 0.25) is 0 Å². The summed E-state index contributed by atoms with van der Waals surface area (Å²) >= 11 is 0. The molecule has 172 valence electrons. The van der Waals surface area contributed by atoms with E-state index in [0.29, 0.717) is 19.9 Å². The topological polar surface area (TPSA) is 69.5 Å². The predicted molar refractivity (Wildman–Crippen MR) is 125 cm³/mol. The number of carbonyl (C=O) groups excluding carboxylic acids is 1. The molecule has 0 radical (unpaired) electrons. The molecule has 1 aliphatic carbocycles. The lowest BCUT2D eigenvalue weighted by Crippen LogP contribution is -2.45. The van der Waals surface area contributed by atoms with Crippen LogP contribution in [0.15, 0.2) is 30.5 Å². The average molecular weight is 439 g/mol. The number of aromatic nitrogens is 3. The number of rotatable bonds is 6. The van der Waals surface area contributed by atoms with Crippen LogP contribution in [0.4, 0.5) is 4.79 Å². The molecule has 2 heterocycles. The number of para-hydroxylation sites is 1. The molecule has 7 heteroatoms. The van der Waals surface area contributed by atoms with E-state index in [9.17, 15) is 4.79 Å². The molecule has 0 spiro atoms. The number of amides is 1. The quantitative estimate of drug-likeness (QED) is 0.497. The number of nitrogens with zero attached hydrogens (tertiary/aromatic N) is 4. The standard InChI is InChI=1S/C25H34N4O3/c1-5-31-16-22-27-21-15-26-20-14-10-9-13-19(20)23(21)29(22)17-28(18-11-7-6-8-12-18)24(30)32-25(2,3)4/h9-10,13-15,18H,5-8,11-12,16-17H2,1-4H3. The number of imidazole rings is 1. The summed E-state index contributed by atoms with van der Waals surface area (Å²) in [6.45, 7) is 9.07. The third kappa shape index (κ3) is 4.88. The van der Waals surface area contributed by atoms with E-state index < -0.39 is 5.60 Å². The van der Waals surface area contributed by atoms with Gasteiger partial charge in [-0.2, -0.15) is 0 Å². The molecule has 0 N–H and O–H groups in total. The molecular weight excluding hydrogens is 404 g/mol. The third-order valence-corrected chi connectivity index (χ3v) is 5.93. The van der Waals surface area contributed by atoms with Crippen molar-refractivity contribution in [3.05, 3.63) is 36.3 Å². The van der Waals surface area contributed by atoms with Crippen LogP contribution in [0.3, 0.4) is 0 Å². The molecule has 7 nitrogen and oxygen atoms in total. The number of carbonyl (C=O) groups is 1. The van der Waals surface area contributed by atoms with Crippen LogP contribution in [0.5, 0.6) is 0 Å². The van der Waals surface area contributed by atoms with Crippen LogP contribution in [0, 0.1) is 0 Å². The highest BCUT2D eigenvalue weighted by Gasteiger charge is 2.31. The van der Waals surface area contributed by atoms with E-state index in [2.05, 4.69) is 15.6 Å². The number of hydrogen-bond acceptors (Lipinski definition) is 5. The van der Waals surface area contributed by atoms with Gasteiger partial charge in [-0.1, -0.05) is 37.5 Å². The zero-order chi connectivity index (χ0) is 22.7. The van der Waals surface area contributed by atoms with E-state index in [-0.39, 0.29) is 12.1 Å². The van der Waals surface area contributed by atoms with Crippen LogP contribution in [0.2, 0.25) is 0 Å². The van der Waals surface area contributed by atoms with Crippen molar-refractivity contribution in [1.82, 2.24) is 19.4 Å². The van der Waals surface area contributed by atoms with Gasteiger partial charge in [-0.25, -0.2) is 9.78 Å². The third-order valence-electron chi connectivity index (χ3n) is 5.93. The van der Waals surface area contributed by atoms with Gasteiger partial charge in [0, 0.05) is 18.0 Å². The summed E-state index contributed by atoms with van der Waals surface area (Å²) in [5.41, 5.74) is 2.15. The minimum atomic E-state index is -0.550. The maximum atomic E-state index is 13.3. The summed E-state index contributed by atoms with van der Waals surface area (Å²) in [6, 6.07) is 8.21. The lowest BCUT2D eigenvalue weighted by Gasteiger charge is -2.36. The van der Waals surface area contributed by atoms with Gasteiger partial charge >= 0.3 is 6.09 Å². The molecule has 1 saturated carbocycles. The molecule has 0 aliphatic heterocycles. The fourth-order valence-electron chi connectivity index (χ4n) is 4.45. The Bertz CT molecular complexity index is 1080. The van der Waals surface area contributed by atoms with E-state index in [1.807, 2.05) is 57.0 Å². The van der Waals surface area contributed by atoms with Crippen molar-refractivity contribution >= 4 is 28.0 Å². The molecule has 1 fully saturated rings. The highest BCUT2D eigenvalue weighted by Crippen LogP contribution is 2.29. The molecule has 32 heavy (non-hydrogen) atoms. The minimum Gasteiger partial charge on any atom is -0.444 e. The largest absolute Gasteiger partial charge is 0.444 e. The van der Waals surface area contributed by atoms with Crippen molar-refractivity contribution in [3.63, 3.8) is 0 Å². The second-order valence-electron chi connectivity index (χ2n) is 9.49. The van der Waals surface area contributed by atoms with Gasteiger partial charge in [0.15, 0.2) is 0 Å². The predicted octanol–water partition coefficient (Wildman–Crippen LogP) is 5.65. The summed E-state index contributed by atoms with van der Waals surface area (Å²) in [5, 5.41) is 1.02. The monoisotopic (exact) mass is 438 g/mol. The van der Waals surface area contributed by atoms with Crippen molar-refractivity contribution in [2.45, 2.75) is 84.7 Å². The van der Waals surface area contributed by atoms with Crippen molar-refractivity contribution < 1.29 is 14.3 Å². The fraction of sp³-hybridized carbons (Fsp3) is 0.560. The highest BCUT2D eigenvalue weighted by atomic mass is 16.6. The summed E-state index contributed by atoms with van der Waals surface area (Å²) in [6.07, 6.45) is 7.01. The summed E-state index contributed by atoms with van der Waals surface area (Å²) < 4.78 is 13.7. The Balaban J connectivity index is 1.80. The van der Waals surface area contributed by atoms with Crippen LogP contribution in [0.25, 0.3) is 21.9 Å². The Labute approximate surface area is 189 Å². The summed E-state index contributed by atoms with van der Waals surface area (Å²) in [4.78, 5) is 24.6. The van der Waals surface area contributed by atoms with Crippen LogP contribution in [0.1, 0.15) is 65.6 Å².